The Morgan fingerprint density at radius 1 is 1.21 bits per heavy atom. The first kappa shape index (κ1) is 14.9. The van der Waals surface area contributed by atoms with Gasteiger partial charge >= 0.3 is 0 Å². The molecule has 1 atom stereocenters. The van der Waals surface area contributed by atoms with Crippen LogP contribution >= 0.6 is 39.1 Å². The third-order valence-corrected chi connectivity index (χ3v) is 4.55. The molecule has 0 aromatic heterocycles. The molecule has 0 fully saturated rings. The van der Waals surface area contributed by atoms with Gasteiger partial charge < -0.3 is 5.11 Å². The lowest BCUT2D eigenvalue weighted by Gasteiger charge is -2.15. The zero-order valence-corrected chi connectivity index (χ0v) is 13.4. The Hall–Kier alpha value is -0.540. The average molecular weight is 360 g/mol. The number of aliphatic hydroxyl groups is 1. The number of rotatable bonds is 3. The number of hydrogen-bond donors (Lipinski definition) is 1. The first-order valence-corrected chi connectivity index (χ1v) is 7.41. The lowest BCUT2D eigenvalue weighted by molar-refractivity contribution is 0.177. The summed E-state index contributed by atoms with van der Waals surface area (Å²) in [6.45, 7) is 1.97. The van der Waals surface area contributed by atoms with Gasteiger partial charge in [-0.05, 0) is 47.9 Å². The molecule has 2 rings (SSSR count). The van der Waals surface area contributed by atoms with Crippen LogP contribution in [0.2, 0.25) is 10.0 Å². The van der Waals surface area contributed by atoms with E-state index in [0.717, 1.165) is 21.2 Å². The van der Waals surface area contributed by atoms with Crippen LogP contribution in [-0.2, 0) is 6.42 Å². The van der Waals surface area contributed by atoms with Crippen molar-refractivity contribution in [3.05, 3.63) is 67.6 Å². The predicted octanol–water partition coefficient (Wildman–Crippen LogP) is 5.34. The fraction of sp³-hybridized carbons (Fsp3) is 0.200. The topological polar surface area (TPSA) is 20.2 Å². The third-order valence-electron chi connectivity index (χ3n) is 3.09. The smallest absolute Gasteiger partial charge is 0.0833 e. The number of halogens is 3. The van der Waals surface area contributed by atoms with Crippen LogP contribution in [0.4, 0.5) is 0 Å². The Morgan fingerprint density at radius 2 is 1.95 bits per heavy atom. The summed E-state index contributed by atoms with van der Waals surface area (Å²) in [5.41, 5.74) is 2.78. The zero-order valence-electron chi connectivity index (χ0n) is 10.3. The molecule has 0 aliphatic rings. The Morgan fingerprint density at radius 3 is 2.68 bits per heavy atom. The quantitative estimate of drug-likeness (QED) is 0.784. The largest absolute Gasteiger partial charge is 0.388 e. The molecule has 0 spiro atoms. The van der Waals surface area contributed by atoms with Gasteiger partial charge in [-0.2, -0.15) is 0 Å². The average Bonchev–Trinajstić information content (AvgIpc) is 2.37. The Bertz CT molecular complexity index is 599. The van der Waals surface area contributed by atoms with Crippen LogP contribution in [-0.4, -0.2) is 5.11 Å². The second-order valence-corrected chi connectivity index (χ2v) is 6.11. The molecule has 0 saturated carbocycles. The lowest BCUT2D eigenvalue weighted by Crippen LogP contribution is -2.04. The number of aliphatic hydroxyl groups excluding tert-OH is 1. The van der Waals surface area contributed by atoms with E-state index in [9.17, 15) is 5.11 Å². The summed E-state index contributed by atoms with van der Waals surface area (Å²) in [7, 11) is 0. The highest BCUT2D eigenvalue weighted by Crippen LogP contribution is 2.29. The monoisotopic (exact) mass is 358 g/mol. The molecule has 0 amide bonds. The van der Waals surface area contributed by atoms with Gasteiger partial charge in [0.2, 0.25) is 0 Å². The van der Waals surface area contributed by atoms with Crippen LogP contribution < -0.4 is 0 Å². The van der Waals surface area contributed by atoms with Crippen molar-refractivity contribution in [2.45, 2.75) is 19.4 Å². The van der Waals surface area contributed by atoms with Crippen molar-refractivity contribution in [3.8, 4) is 0 Å². The summed E-state index contributed by atoms with van der Waals surface area (Å²) in [6.07, 6.45) is -0.162. The summed E-state index contributed by atoms with van der Waals surface area (Å²) >= 11 is 15.5. The fourth-order valence-electron chi connectivity index (χ4n) is 2.00. The zero-order chi connectivity index (χ0) is 14.0. The Balaban J connectivity index is 2.28. The lowest BCUT2D eigenvalue weighted by atomic mass is 9.98. The molecule has 1 nitrogen and oxygen atoms in total. The molecule has 0 saturated heterocycles. The summed E-state index contributed by atoms with van der Waals surface area (Å²) in [6, 6.07) is 11.1. The van der Waals surface area contributed by atoms with E-state index in [-0.39, 0.29) is 0 Å². The van der Waals surface area contributed by atoms with E-state index < -0.39 is 6.10 Å². The molecular formula is C15H13BrCl2O. The Labute approximate surface area is 131 Å². The van der Waals surface area contributed by atoms with Gasteiger partial charge in [0.25, 0.3) is 0 Å². The first-order valence-electron chi connectivity index (χ1n) is 5.86. The van der Waals surface area contributed by atoms with E-state index in [1.807, 2.05) is 25.1 Å². The SMILES string of the molecule is Cc1c(Br)cccc1C(O)Cc1cc(Cl)ccc1Cl. The van der Waals surface area contributed by atoms with Gasteiger partial charge in [0.1, 0.15) is 0 Å². The maximum Gasteiger partial charge on any atom is 0.0833 e. The number of hydrogen-bond acceptors (Lipinski definition) is 1. The van der Waals surface area contributed by atoms with Crippen LogP contribution in [0.15, 0.2) is 40.9 Å². The molecule has 2 aromatic rings. The van der Waals surface area contributed by atoms with Gasteiger partial charge in [-0.1, -0.05) is 51.3 Å². The second kappa shape index (κ2) is 6.27. The highest BCUT2D eigenvalue weighted by atomic mass is 79.9. The molecule has 100 valence electrons. The molecule has 0 aliphatic carbocycles. The van der Waals surface area contributed by atoms with Crippen molar-refractivity contribution in [1.29, 1.82) is 0 Å². The minimum absolute atomic E-state index is 0.441. The van der Waals surface area contributed by atoms with Gasteiger partial charge in [0.05, 0.1) is 6.10 Å². The summed E-state index contributed by atoms with van der Waals surface area (Å²) < 4.78 is 0.987. The van der Waals surface area contributed by atoms with Gasteiger partial charge in [-0.25, -0.2) is 0 Å². The molecule has 0 radical (unpaired) electrons. The number of benzene rings is 2. The summed E-state index contributed by atoms with van der Waals surface area (Å²) in [4.78, 5) is 0. The standard InChI is InChI=1S/C15H13BrCl2O/c1-9-12(3-2-4-13(9)16)15(19)8-10-7-11(17)5-6-14(10)18/h2-7,15,19H,8H2,1H3. The van der Waals surface area contributed by atoms with E-state index in [4.69, 9.17) is 23.2 Å². The minimum Gasteiger partial charge on any atom is -0.388 e. The van der Waals surface area contributed by atoms with Crippen LogP contribution in [0, 0.1) is 6.92 Å². The van der Waals surface area contributed by atoms with E-state index in [1.54, 1.807) is 18.2 Å². The maximum absolute atomic E-state index is 10.4. The van der Waals surface area contributed by atoms with Crippen molar-refractivity contribution in [1.82, 2.24) is 0 Å². The normalized spacial score (nSPS) is 12.5. The fourth-order valence-corrected chi connectivity index (χ4v) is 2.77. The Kier molecular flexibility index (Phi) is 4.91. The van der Waals surface area contributed by atoms with Crippen LogP contribution in [0.3, 0.4) is 0 Å². The van der Waals surface area contributed by atoms with Crippen molar-refractivity contribution in [2.75, 3.05) is 0 Å². The minimum atomic E-state index is -0.603. The van der Waals surface area contributed by atoms with Gasteiger partial charge in [-0.3, -0.25) is 0 Å². The van der Waals surface area contributed by atoms with Crippen LogP contribution in [0.1, 0.15) is 22.8 Å². The van der Waals surface area contributed by atoms with Crippen LogP contribution in [0.25, 0.3) is 0 Å². The van der Waals surface area contributed by atoms with Gasteiger partial charge in [0, 0.05) is 20.9 Å². The highest BCUT2D eigenvalue weighted by Gasteiger charge is 2.14. The maximum atomic E-state index is 10.4. The van der Waals surface area contributed by atoms with Crippen molar-refractivity contribution < 1.29 is 5.11 Å². The third kappa shape index (κ3) is 3.51. The molecule has 2 aromatic carbocycles. The van der Waals surface area contributed by atoms with E-state index >= 15 is 0 Å². The molecule has 0 heterocycles. The van der Waals surface area contributed by atoms with E-state index in [0.29, 0.717) is 16.5 Å². The second-order valence-electron chi connectivity index (χ2n) is 4.41. The molecule has 19 heavy (non-hydrogen) atoms. The van der Waals surface area contributed by atoms with Crippen LogP contribution in [0.5, 0.6) is 0 Å². The first-order chi connectivity index (χ1) is 8.99. The molecule has 0 bridgehead atoms. The van der Waals surface area contributed by atoms with Crippen molar-refractivity contribution in [3.63, 3.8) is 0 Å². The summed E-state index contributed by atoms with van der Waals surface area (Å²) in [5, 5.41) is 11.6. The van der Waals surface area contributed by atoms with E-state index in [2.05, 4.69) is 15.9 Å². The molecule has 4 heteroatoms. The summed E-state index contributed by atoms with van der Waals surface area (Å²) in [5.74, 6) is 0. The highest BCUT2D eigenvalue weighted by molar-refractivity contribution is 9.10. The molecular weight excluding hydrogens is 347 g/mol. The van der Waals surface area contributed by atoms with Gasteiger partial charge in [-0.15, -0.1) is 0 Å². The van der Waals surface area contributed by atoms with Crippen molar-refractivity contribution >= 4 is 39.1 Å². The van der Waals surface area contributed by atoms with Gasteiger partial charge in [0.15, 0.2) is 0 Å². The molecule has 1 unspecified atom stereocenters. The predicted molar refractivity (Wildman–Crippen MR) is 84.0 cm³/mol. The molecule has 0 aliphatic heterocycles. The van der Waals surface area contributed by atoms with Crippen molar-refractivity contribution in [2.24, 2.45) is 0 Å². The van der Waals surface area contributed by atoms with E-state index in [1.165, 1.54) is 0 Å². The molecule has 1 N–H and O–H groups in total.